The summed E-state index contributed by atoms with van der Waals surface area (Å²) in [5.74, 6) is -0.916. The molecule has 29 heavy (non-hydrogen) atoms. The van der Waals surface area contributed by atoms with Crippen molar-refractivity contribution in [2.75, 3.05) is 22.4 Å². The highest BCUT2D eigenvalue weighted by Gasteiger charge is 2.23. The fourth-order valence-electron chi connectivity index (χ4n) is 2.55. The molecule has 2 aromatic carbocycles. The molecule has 0 heterocycles. The van der Waals surface area contributed by atoms with Gasteiger partial charge in [0, 0.05) is 6.04 Å². The number of nitrogens with zero attached hydrogens (tertiary/aromatic N) is 1. The number of sulfonamides is 1. The first-order chi connectivity index (χ1) is 13.6. The van der Waals surface area contributed by atoms with E-state index in [4.69, 9.17) is 11.6 Å². The Morgan fingerprint density at radius 1 is 1.10 bits per heavy atom. The standard InChI is InChI=1S/C20H24ClN3O4S/c1-4-14(2)22-20(26)15-9-5-7-11-17(15)23-19(25)13-24(29(3,27)28)18-12-8-6-10-16(18)21/h5-12,14H,4,13H2,1-3H3,(H,22,26)(H,23,25)/t14-/m0/s1. The second kappa shape index (κ2) is 9.76. The van der Waals surface area contributed by atoms with Crippen LogP contribution in [0.2, 0.25) is 5.02 Å². The average Bonchev–Trinajstić information content (AvgIpc) is 2.66. The Hall–Kier alpha value is -2.58. The van der Waals surface area contributed by atoms with E-state index in [9.17, 15) is 18.0 Å². The molecule has 2 rings (SSSR count). The fraction of sp³-hybridized carbons (Fsp3) is 0.300. The third-order valence-electron chi connectivity index (χ3n) is 4.24. The summed E-state index contributed by atoms with van der Waals surface area (Å²) < 4.78 is 25.4. The first-order valence-electron chi connectivity index (χ1n) is 9.05. The minimum absolute atomic E-state index is 0.0211. The molecule has 0 spiro atoms. The number of carbonyl (C=O) groups is 2. The number of amides is 2. The van der Waals surface area contributed by atoms with Gasteiger partial charge in [-0.05, 0) is 37.6 Å². The van der Waals surface area contributed by atoms with Gasteiger partial charge in [-0.3, -0.25) is 13.9 Å². The van der Waals surface area contributed by atoms with Gasteiger partial charge in [0.1, 0.15) is 6.54 Å². The minimum Gasteiger partial charge on any atom is -0.350 e. The second-order valence-corrected chi connectivity index (χ2v) is 8.91. The lowest BCUT2D eigenvalue weighted by Crippen LogP contribution is -2.38. The first-order valence-corrected chi connectivity index (χ1v) is 11.3. The van der Waals surface area contributed by atoms with Crippen molar-refractivity contribution in [3.8, 4) is 0 Å². The predicted octanol–water partition coefficient (Wildman–Crippen LogP) is 3.27. The monoisotopic (exact) mass is 437 g/mol. The molecule has 1 atom stereocenters. The second-order valence-electron chi connectivity index (χ2n) is 6.60. The maximum Gasteiger partial charge on any atom is 0.253 e. The lowest BCUT2D eigenvalue weighted by Gasteiger charge is -2.23. The van der Waals surface area contributed by atoms with Gasteiger partial charge in [0.2, 0.25) is 15.9 Å². The van der Waals surface area contributed by atoms with Gasteiger partial charge in [-0.2, -0.15) is 0 Å². The van der Waals surface area contributed by atoms with Crippen LogP contribution in [0.4, 0.5) is 11.4 Å². The summed E-state index contributed by atoms with van der Waals surface area (Å²) in [5, 5.41) is 5.68. The molecule has 0 fully saturated rings. The Balaban J connectivity index is 2.24. The molecule has 2 aromatic rings. The van der Waals surface area contributed by atoms with Crippen LogP contribution in [0.3, 0.4) is 0 Å². The van der Waals surface area contributed by atoms with Crippen molar-refractivity contribution < 1.29 is 18.0 Å². The van der Waals surface area contributed by atoms with Gasteiger partial charge in [-0.25, -0.2) is 8.42 Å². The largest absolute Gasteiger partial charge is 0.350 e. The van der Waals surface area contributed by atoms with Crippen LogP contribution < -0.4 is 14.9 Å². The van der Waals surface area contributed by atoms with Crippen molar-refractivity contribution in [2.45, 2.75) is 26.3 Å². The van der Waals surface area contributed by atoms with Crippen LogP contribution in [0, 0.1) is 0 Å². The molecule has 0 aliphatic carbocycles. The van der Waals surface area contributed by atoms with Crippen LogP contribution in [-0.4, -0.2) is 39.1 Å². The maximum atomic E-state index is 12.6. The Morgan fingerprint density at radius 2 is 1.72 bits per heavy atom. The highest BCUT2D eigenvalue weighted by atomic mass is 35.5. The normalized spacial score (nSPS) is 12.1. The maximum absolute atomic E-state index is 12.6. The Bertz CT molecular complexity index is 995. The van der Waals surface area contributed by atoms with Crippen LogP contribution in [0.1, 0.15) is 30.6 Å². The average molecular weight is 438 g/mol. The molecule has 0 unspecified atom stereocenters. The number of para-hydroxylation sites is 2. The van der Waals surface area contributed by atoms with E-state index in [0.717, 1.165) is 17.0 Å². The fourth-order valence-corrected chi connectivity index (χ4v) is 3.71. The van der Waals surface area contributed by atoms with Crippen molar-refractivity contribution in [1.29, 1.82) is 0 Å². The van der Waals surface area contributed by atoms with Gasteiger partial charge in [0.15, 0.2) is 0 Å². The van der Waals surface area contributed by atoms with Crippen molar-refractivity contribution in [3.63, 3.8) is 0 Å². The summed E-state index contributed by atoms with van der Waals surface area (Å²) in [5.41, 5.74) is 0.797. The number of halogens is 1. The zero-order valence-electron chi connectivity index (χ0n) is 16.5. The van der Waals surface area contributed by atoms with Gasteiger partial charge >= 0.3 is 0 Å². The molecule has 0 bridgehead atoms. The number of carbonyl (C=O) groups excluding carboxylic acids is 2. The third-order valence-corrected chi connectivity index (χ3v) is 5.69. The zero-order chi connectivity index (χ0) is 21.6. The highest BCUT2D eigenvalue weighted by molar-refractivity contribution is 7.92. The van der Waals surface area contributed by atoms with E-state index >= 15 is 0 Å². The molecule has 0 aromatic heterocycles. The molecule has 2 N–H and O–H groups in total. The van der Waals surface area contributed by atoms with Crippen LogP contribution in [0.25, 0.3) is 0 Å². The predicted molar refractivity (Wildman–Crippen MR) is 116 cm³/mol. The van der Waals surface area contributed by atoms with E-state index < -0.39 is 22.5 Å². The van der Waals surface area contributed by atoms with Gasteiger partial charge < -0.3 is 10.6 Å². The molecule has 0 saturated heterocycles. The lowest BCUT2D eigenvalue weighted by molar-refractivity contribution is -0.114. The topological polar surface area (TPSA) is 95.6 Å². The van der Waals surface area contributed by atoms with Gasteiger partial charge in [-0.1, -0.05) is 42.8 Å². The summed E-state index contributed by atoms with van der Waals surface area (Å²) in [7, 11) is -3.76. The van der Waals surface area contributed by atoms with Crippen LogP contribution in [-0.2, 0) is 14.8 Å². The molecule has 0 aliphatic heterocycles. The van der Waals surface area contributed by atoms with Crippen LogP contribution in [0.15, 0.2) is 48.5 Å². The number of nitrogens with one attached hydrogen (secondary N) is 2. The molecule has 156 valence electrons. The van der Waals surface area contributed by atoms with Gasteiger partial charge in [-0.15, -0.1) is 0 Å². The van der Waals surface area contributed by atoms with E-state index in [1.54, 1.807) is 42.5 Å². The van der Waals surface area contributed by atoms with E-state index in [-0.39, 0.29) is 22.7 Å². The number of hydrogen-bond acceptors (Lipinski definition) is 4. The van der Waals surface area contributed by atoms with Crippen molar-refractivity contribution in [2.24, 2.45) is 0 Å². The van der Waals surface area contributed by atoms with E-state index in [1.807, 2.05) is 13.8 Å². The number of benzene rings is 2. The molecule has 7 nitrogen and oxygen atoms in total. The molecule has 9 heteroatoms. The molecule has 0 aliphatic rings. The molecular weight excluding hydrogens is 414 g/mol. The number of hydrogen-bond donors (Lipinski definition) is 2. The minimum atomic E-state index is -3.76. The van der Waals surface area contributed by atoms with Crippen molar-refractivity contribution >= 4 is 44.8 Å². The number of rotatable bonds is 8. The summed E-state index contributed by atoms with van der Waals surface area (Å²) in [6.45, 7) is 3.35. The van der Waals surface area contributed by atoms with E-state index in [2.05, 4.69) is 10.6 Å². The third kappa shape index (κ3) is 6.20. The molecule has 0 radical (unpaired) electrons. The Morgan fingerprint density at radius 3 is 2.34 bits per heavy atom. The van der Waals surface area contributed by atoms with Crippen LogP contribution in [0.5, 0.6) is 0 Å². The van der Waals surface area contributed by atoms with Crippen molar-refractivity contribution in [3.05, 3.63) is 59.1 Å². The van der Waals surface area contributed by atoms with Gasteiger partial charge in [0.05, 0.1) is 28.2 Å². The quantitative estimate of drug-likeness (QED) is 0.662. The number of anilines is 2. The molecule has 2 amide bonds. The summed E-state index contributed by atoms with van der Waals surface area (Å²) in [6, 6.07) is 12.9. The van der Waals surface area contributed by atoms with Crippen molar-refractivity contribution in [1.82, 2.24) is 5.32 Å². The summed E-state index contributed by atoms with van der Waals surface area (Å²) in [4.78, 5) is 25.1. The Labute approximate surface area is 176 Å². The zero-order valence-corrected chi connectivity index (χ0v) is 18.0. The Kier molecular flexibility index (Phi) is 7.64. The smallest absolute Gasteiger partial charge is 0.253 e. The summed E-state index contributed by atoms with van der Waals surface area (Å²) >= 11 is 6.11. The van der Waals surface area contributed by atoms with E-state index in [0.29, 0.717) is 11.3 Å². The summed E-state index contributed by atoms with van der Waals surface area (Å²) in [6.07, 6.45) is 1.76. The molecule has 0 saturated carbocycles. The van der Waals surface area contributed by atoms with E-state index in [1.165, 1.54) is 6.07 Å². The lowest BCUT2D eigenvalue weighted by atomic mass is 10.1. The highest BCUT2D eigenvalue weighted by Crippen LogP contribution is 2.27. The van der Waals surface area contributed by atoms with Gasteiger partial charge in [0.25, 0.3) is 5.91 Å². The SMILES string of the molecule is CC[C@H](C)NC(=O)c1ccccc1NC(=O)CN(c1ccccc1Cl)S(C)(=O)=O. The first kappa shape index (κ1) is 22.7. The molecular formula is C20H24ClN3O4S. The van der Waals surface area contributed by atoms with Crippen LogP contribution >= 0.6 is 11.6 Å².